The molecule has 0 saturated heterocycles. The number of hydrogen-bond acceptors (Lipinski definition) is 10. The highest BCUT2D eigenvalue weighted by atomic mass is 35.5. The number of carbonyl (C=O) groups excluding carboxylic acids is 1. The second kappa shape index (κ2) is 14.2. The number of hydrogen-bond donors (Lipinski definition) is 8. The number of aliphatic imine (C=N–C) groups is 1. The van der Waals surface area contributed by atoms with Crippen LogP contribution in [0.3, 0.4) is 0 Å². The monoisotopic (exact) mass is 493 g/mol. The lowest BCUT2D eigenvalue weighted by Crippen LogP contribution is -2.38. The van der Waals surface area contributed by atoms with Crippen LogP contribution in [0.15, 0.2) is 29.3 Å². The van der Waals surface area contributed by atoms with E-state index < -0.39 is 12.0 Å². The van der Waals surface area contributed by atoms with Gasteiger partial charge in [0.2, 0.25) is 0 Å². The zero-order valence-electron chi connectivity index (χ0n) is 18.8. The number of benzene rings is 1. The Hall–Kier alpha value is -3.19. The Labute approximate surface area is 203 Å². The quantitative estimate of drug-likeness (QED) is 0.104. The number of nitrogen functional groups attached to an aromatic ring is 2. The standard InChI is InChI=1S/C21H32ClN9O3/c22-17-19(24)30-18(23)16(29-17)20(34)31-21(25)28-8-2-1-3-13-4-6-14(7-5-13)27-10-9-26-11-15(33)12-32/h4-7,15,26-27,32-33H,1-3,8-12H2,(H4,23,24,30)(H3,25,28,31,34)/t15-/m0/s1. The molecule has 186 valence electrons. The predicted molar refractivity (Wildman–Crippen MR) is 134 cm³/mol. The molecule has 0 bridgehead atoms. The molecule has 34 heavy (non-hydrogen) atoms. The smallest absolute Gasteiger partial charge is 0.280 e. The molecule has 0 radical (unpaired) electrons. The molecular formula is C21H32ClN9O3. The minimum absolute atomic E-state index is 0.0464. The van der Waals surface area contributed by atoms with E-state index in [-0.39, 0.29) is 35.0 Å². The summed E-state index contributed by atoms with van der Waals surface area (Å²) < 4.78 is 0. The van der Waals surface area contributed by atoms with E-state index in [0.29, 0.717) is 26.2 Å². The number of anilines is 3. The SMILES string of the molecule is NC(=NCCCCc1ccc(NCCNC[C@H](O)CO)cc1)NC(=O)c1nc(Cl)c(N)nc1N. The highest BCUT2D eigenvalue weighted by molar-refractivity contribution is 6.31. The summed E-state index contributed by atoms with van der Waals surface area (Å²) in [6, 6.07) is 8.15. The van der Waals surface area contributed by atoms with E-state index in [0.717, 1.165) is 24.9 Å². The Morgan fingerprint density at radius 3 is 2.56 bits per heavy atom. The Kier molecular flexibility index (Phi) is 11.3. The zero-order valence-corrected chi connectivity index (χ0v) is 19.6. The van der Waals surface area contributed by atoms with Crippen molar-refractivity contribution in [3.8, 4) is 0 Å². The molecule has 0 fully saturated rings. The molecule has 0 aliphatic rings. The molecule has 1 atom stereocenters. The van der Waals surface area contributed by atoms with Crippen LogP contribution in [0.1, 0.15) is 28.9 Å². The van der Waals surface area contributed by atoms with Crippen LogP contribution in [0.25, 0.3) is 0 Å². The number of aliphatic hydroxyl groups is 2. The van der Waals surface area contributed by atoms with Gasteiger partial charge in [-0.05, 0) is 37.0 Å². The van der Waals surface area contributed by atoms with Crippen LogP contribution in [-0.4, -0.2) is 70.9 Å². The number of unbranched alkanes of at least 4 members (excludes halogenated alkanes) is 1. The molecule has 0 saturated carbocycles. The molecule has 1 aromatic heterocycles. The van der Waals surface area contributed by atoms with Crippen LogP contribution >= 0.6 is 11.6 Å². The molecule has 0 aliphatic heterocycles. The Bertz CT molecular complexity index is 957. The van der Waals surface area contributed by atoms with Crippen LogP contribution in [0.5, 0.6) is 0 Å². The summed E-state index contributed by atoms with van der Waals surface area (Å²) in [6.07, 6.45) is 1.85. The van der Waals surface area contributed by atoms with Gasteiger partial charge in [0.25, 0.3) is 5.91 Å². The van der Waals surface area contributed by atoms with E-state index in [1.165, 1.54) is 5.56 Å². The van der Waals surface area contributed by atoms with Crippen molar-refractivity contribution in [3.05, 3.63) is 40.7 Å². The van der Waals surface area contributed by atoms with Crippen molar-refractivity contribution in [1.29, 1.82) is 0 Å². The fourth-order valence-electron chi connectivity index (χ4n) is 2.88. The number of guanidine groups is 1. The topological polar surface area (TPSA) is 210 Å². The van der Waals surface area contributed by atoms with Crippen molar-refractivity contribution in [3.63, 3.8) is 0 Å². The van der Waals surface area contributed by atoms with Gasteiger partial charge in [-0.2, -0.15) is 0 Å². The molecule has 12 nitrogen and oxygen atoms in total. The zero-order chi connectivity index (χ0) is 24.9. The molecule has 1 heterocycles. The first-order chi connectivity index (χ1) is 16.3. The number of aliphatic hydroxyl groups excluding tert-OH is 2. The van der Waals surface area contributed by atoms with Crippen molar-refractivity contribution >= 4 is 40.8 Å². The normalized spacial score (nSPS) is 12.4. The maximum Gasteiger partial charge on any atom is 0.280 e. The number of nitrogens with zero attached hydrogens (tertiary/aromatic N) is 3. The second-order valence-corrected chi connectivity index (χ2v) is 7.83. The lowest BCUT2D eigenvalue weighted by Gasteiger charge is -2.10. The van der Waals surface area contributed by atoms with Crippen LogP contribution in [0.2, 0.25) is 5.15 Å². The van der Waals surface area contributed by atoms with Gasteiger partial charge < -0.3 is 38.0 Å². The molecule has 0 aliphatic carbocycles. The lowest BCUT2D eigenvalue weighted by molar-refractivity contribution is 0.0949. The van der Waals surface area contributed by atoms with Gasteiger partial charge in [-0.1, -0.05) is 23.7 Å². The summed E-state index contributed by atoms with van der Waals surface area (Å²) in [7, 11) is 0. The van der Waals surface area contributed by atoms with E-state index in [1.807, 2.05) is 12.1 Å². The molecule has 11 N–H and O–H groups in total. The van der Waals surface area contributed by atoms with Gasteiger partial charge in [0.1, 0.15) is 0 Å². The van der Waals surface area contributed by atoms with Crippen molar-refractivity contribution in [2.45, 2.75) is 25.4 Å². The number of aryl methyl sites for hydroxylation is 1. The largest absolute Gasteiger partial charge is 0.394 e. The number of carbonyl (C=O) groups is 1. The average Bonchev–Trinajstić information content (AvgIpc) is 2.81. The second-order valence-electron chi connectivity index (χ2n) is 7.48. The summed E-state index contributed by atoms with van der Waals surface area (Å²) >= 11 is 5.78. The molecule has 2 rings (SSSR count). The number of rotatable bonds is 13. The molecule has 13 heteroatoms. The summed E-state index contributed by atoms with van der Waals surface area (Å²) in [5.41, 5.74) is 18.9. The summed E-state index contributed by atoms with van der Waals surface area (Å²) in [4.78, 5) is 23.9. The predicted octanol–water partition coefficient (Wildman–Crippen LogP) is -0.283. The van der Waals surface area contributed by atoms with Crippen molar-refractivity contribution in [1.82, 2.24) is 20.6 Å². The third kappa shape index (κ3) is 9.35. The van der Waals surface area contributed by atoms with Gasteiger partial charge in [0.05, 0.1) is 12.7 Å². The molecule has 1 aromatic carbocycles. The third-order valence-electron chi connectivity index (χ3n) is 4.69. The Morgan fingerprint density at radius 1 is 1.12 bits per heavy atom. The molecular weight excluding hydrogens is 462 g/mol. The summed E-state index contributed by atoms with van der Waals surface area (Å²) in [6.45, 7) is 1.95. The van der Waals surface area contributed by atoms with Gasteiger partial charge >= 0.3 is 0 Å². The molecule has 0 unspecified atom stereocenters. The number of nitrogens with one attached hydrogen (secondary N) is 3. The van der Waals surface area contributed by atoms with Crippen molar-refractivity contribution < 1.29 is 15.0 Å². The average molecular weight is 494 g/mol. The maximum atomic E-state index is 12.2. The van der Waals surface area contributed by atoms with Gasteiger partial charge in [0.15, 0.2) is 28.4 Å². The van der Waals surface area contributed by atoms with Gasteiger partial charge in [-0.3, -0.25) is 15.1 Å². The van der Waals surface area contributed by atoms with E-state index in [1.54, 1.807) is 0 Å². The summed E-state index contributed by atoms with van der Waals surface area (Å²) in [5, 5.41) is 26.6. The minimum Gasteiger partial charge on any atom is -0.394 e. The fourth-order valence-corrected chi connectivity index (χ4v) is 3.01. The summed E-state index contributed by atoms with van der Waals surface area (Å²) in [5.74, 6) is -0.925. The van der Waals surface area contributed by atoms with Crippen LogP contribution in [-0.2, 0) is 6.42 Å². The van der Waals surface area contributed by atoms with Crippen molar-refractivity contribution in [2.75, 3.05) is 49.6 Å². The van der Waals surface area contributed by atoms with Gasteiger partial charge in [-0.25, -0.2) is 9.97 Å². The first-order valence-corrected chi connectivity index (χ1v) is 11.2. The lowest BCUT2D eigenvalue weighted by atomic mass is 10.1. The number of halogens is 1. The Morgan fingerprint density at radius 2 is 1.85 bits per heavy atom. The third-order valence-corrected chi connectivity index (χ3v) is 4.97. The molecule has 2 aromatic rings. The van der Waals surface area contributed by atoms with Crippen LogP contribution in [0, 0.1) is 0 Å². The van der Waals surface area contributed by atoms with Gasteiger partial charge in [-0.15, -0.1) is 0 Å². The van der Waals surface area contributed by atoms with E-state index in [4.69, 9.17) is 33.9 Å². The first-order valence-electron chi connectivity index (χ1n) is 10.8. The highest BCUT2D eigenvalue weighted by Gasteiger charge is 2.16. The van der Waals surface area contributed by atoms with E-state index in [9.17, 15) is 9.90 Å². The molecule has 1 amide bonds. The van der Waals surface area contributed by atoms with E-state index >= 15 is 0 Å². The van der Waals surface area contributed by atoms with Crippen molar-refractivity contribution in [2.24, 2.45) is 10.7 Å². The highest BCUT2D eigenvalue weighted by Crippen LogP contribution is 2.17. The number of nitrogens with two attached hydrogens (primary N) is 3. The molecule has 0 spiro atoms. The first kappa shape index (κ1) is 27.1. The van der Waals surface area contributed by atoms with Crippen LogP contribution < -0.4 is 33.2 Å². The Balaban J connectivity index is 1.65. The van der Waals surface area contributed by atoms with Crippen LogP contribution in [0.4, 0.5) is 17.3 Å². The maximum absolute atomic E-state index is 12.2. The number of aromatic nitrogens is 2. The number of amides is 1. The van der Waals surface area contributed by atoms with Gasteiger partial charge in [0, 0.05) is 31.9 Å². The fraction of sp³-hybridized carbons (Fsp3) is 0.429. The van der Waals surface area contributed by atoms with E-state index in [2.05, 4.69) is 43.0 Å². The minimum atomic E-state index is -0.733.